The average molecular weight is 877 g/mol. The third kappa shape index (κ3) is 15.2. The van der Waals surface area contributed by atoms with Gasteiger partial charge < -0.3 is 31.1 Å². The Morgan fingerprint density at radius 2 is 0.726 bits per heavy atom. The quantitative estimate of drug-likeness (QED) is 0.0275. The number of aliphatic carboxylic acids is 4. The summed E-state index contributed by atoms with van der Waals surface area (Å²) in [5.41, 5.74) is -9.47. The summed E-state index contributed by atoms with van der Waals surface area (Å²) in [6.07, 6.45) is 25.1. The van der Waals surface area contributed by atoms with Crippen LogP contribution in [-0.2, 0) is 19.2 Å². The van der Waals surface area contributed by atoms with E-state index in [4.69, 9.17) is 0 Å². The van der Waals surface area contributed by atoms with Gasteiger partial charge in [0.2, 0.25) is 0 Å². The van der Waals surface area contributed by atoms with Crippen molar-refractivity contribution in [2.24, 2.45) is 28.1 Å². The summed E-state index contributed by atoms with van der Waals surface area (Å²) in [4.78, 5) is 56.7. The molecule has 2 rings (SSSR count). The minimum Gasteiger partial charge on any atom is -0.481 e. The molecule has 0 amide bonds. The topological polar surface area (TPSA) is 173 Å². The molecule has 62 heavy (non-hydrogen) atoms. The van der Waals surface area contributed by atoms with Crippen LogP contribution in [0.1, 0.15) is 255 Å². The first-order valence-electron chi connectivity index (χ1n) is 25.4. The number of piperidine rings is 2. The second-order valence-corrected chi connectivity index (χ2v) is 23.0. The number of carboxylic acids is 4. The summed E-state index contributed by atoms with van der Waals surface area (Å²) in [6.45, 7) is 21.3. The van der Waals surface area contributed by atoms with E-state index < -0.39 is 57.1 Å². The van der Waals surface area contributed by atoms with Crippen molar-refractivity contribution in [3.8, 4) is 0 Å². The van der Waals surface area contributed by atoms with Gasteiger partial charge in [-0.25, -0.2) is 0 Å². The summed E-state index contributed by atoms with van der Waals surface area (Å²) < 4.78 is 0. The molecule has 362 valence electrons. The summed E-state index contributed by atoms with van der Waals surface area (Å²) in [5.74, 6) is -8.46. The lowest BCUT2D eigenvalue weighted by molar-refractivity contribution is -0.222. The maximum Gasteiger partial charge on any atom is 0.334 e. The number of rotatable bonds is 33. The maximum atomic E-state index is 14.9. The van der Waals surface area contributed by atoms with Crippen molar-refractivity contribution in [2.75, 3.05) is 0 Å². The van der Waals surface area contributed by atoms with Crippen LogP contribution in [0.25, 0.3) is 0 Å². The van der Waals surface area contributed by atoms with Crippen LogP contribution in [0.4, 0.5) is 0 Å². The molecule has 2 atom stereocenters. The zero-order valence-electron chi connectivity index (χ0n) is 41.6. The number of nitrogens with one attached hydrogen (secondary N) is 2. The highest BCUT2D eigenvalue weighted by atomic mass is 16.4. The lowest BCUT2D eigenvalue weighted by Crippen LogP contribution is -2.72. The molecular weight excluding hydrogens is 781 g/mol. The fraction of sp³-hybridized carbons (Fsp3) is 0.923. The van der Waals surface area contributed by atoms with Crippen LogP contribution in [-0.4, -0.2) is 66.5 Å². The lowest BCUT2D eigenvalue weighted by Gasteiger charge is -2.62. The summed E-state index contributed by atoms with van der Waals surface area (Å²) >= 11 is 0. The fourth-order valence-corrected chi connectivity index (χ4v) is 13.4. The molecule has 0 bridgehead atoms. The SMILES string of the molecule is CCCCCCCCCCCCCC(CC1CC(C)(C)NC(C)(C)C1)(C1CC(C)(C)NC(C)(C)C1)C(CCCCCCCCCCCCC)(C(=O)O)C(C(=O)O)(C(=O)O)C(=O)O. The Balaban J connectivity index is 2.84. The lowest BCUT2D eigenvalue weighted by atomic mass is 9.40. The standard InChI is InChI=1S/C52H96N2O8/c1-11-13-15-17-19-21-23-25-27-29-31-33-50(41-38-48(7,8)54-49(9,10)39-41,37-40-35-46(3,4)53-47(5,6)36-40)51(42(55)56,52(43(57)58,44(59)60)45(61)62)34-32-30-28-26-24-22-20-18-16-14-12-2/h40-41,53-54H,11-39H2,1-10H3,(H,55,56)(H,57,58)(H,59,60)(H,61,62). The first kappa shape index (κ1) is 55.9. The Morgan fingerprint density at radius 1 is 0.435 bits per heavy atom. The highest BCUT2D eigenvalue weighted by molar-refractivity contribution is 6.20. The van der Waals surface area contributed by atoms with E-state index in [1.165, 1.54) is 70.6 Å². The minimum absolute atomic E-state index is 0.111. The zero-order valence-corrected chi connectivity index (χ0v) is 41.6. The highest BCUT2D eigenvalue weighted by Gasteiger charge is 2.79. The van der Waals surface area contributed by atoms with Gasteiger partial charge in [0.05, 0.1) is 0 Å². The molecule has 2 saturated heterocycles. The van der Waals surface area contributed by atoms with Gasteiger partial charge in [-0.05, 0) is 118 Å². The molecule has 10 heteroatoms. The van der Waals surface area contributed by atoms with Crippen LogP contribution < -0.4 is 10.6 Å². The summed E-state index contributed by atoms with van der Waals surface area (Å²) in [7, 11) is 0. The molecule has 2 unspecified atom stereocenters. The Labute approximate surface area is 378 Å². The van der Waals surface area contributed by atoms with Crippen molar-refractivity contribution in [3.63, 3.8) is 0 Å². The van der Waals surface area contributed by atoms with E-state index in [9.17, 15) is 39.6 Å². The molecule has 0 aliphatic carbocycles. The largest absolute Gasteiger partial charge is 0.481 e. The molecule has 2 aliphatic heterocycles. The van der Waals surface area contributed by atoms with Crippen LogP contribution >= 0.6 is 0 Å². The average Bonchev–Trinajstić information content (AvgIpc) is 3.11. The van der Waals surface area contributed by atoms with Crippen LogP contribution in [0, 0.1) is 28.1 Å². The number of carboxylic acid groups (broad SMARTS) is 4. The van der Waals surface area contributed by atoms with Gasteiger partial charge in [-0.2, -0.15) is 0 Å². The molecule has 0 saturated carbocycles. The van der Waals surface area contributed by atoms with E-state index in [1.54, 1.807) is 0 Å². The molecule has 6 N–H and O–H groups in total. The molecule has 0 aromatic heterocycles. The maximum absolute atomic E-state index is 14.9. The van der Waals surface area contributed by atoms with Crippen molar-refractivity contribution in [3.05, 3.63) is 0 Å². The molecule has 0 aromatic rings. The van der Waals surface area contributed by atoms with Crippen molar-refractivity contribution >= 4 is 23.9 Å². The second kappa shape index (κ2) is 24.9. The van der Waals surface area contributed by atoms with Gasteiger partial charge in [0.15, 0.2) is 0 Å². The monoisotopic (exact) mass is 877 g/mol. The number of hydrogen-bond acceptors (Lipinski definition) is 6. The van der Waals surface area contributed by atoms with Gasteiger partial charge in [-0.3, -0.25) is 19.2 Å². The molecular formula is C52H96N2O8. The zero-order chi connectivity index (χ0) is 46.9. The molecule has 2 heterocycles. The van der Waals surface area contributed by atoms with E-state index in [1.807, 2.05) is 0 Å². The Morgan fingerprint density at radius 3 is 1.03 bits per heavy atom. The molecule has 0 spiro atoms. The Kier molecular flexibility index (Phi) is 22.5. The number of unbranched alkanes of at least 4 members (excludes halogenated alkanes) is 20. The van der Waals surface area contributed by atoms with Crippen LogP contribution in [0.15, 0.2) is 0 Å². The first-order chi connectivity index (χ1) is 28.9. The molecule has 0 radical (unpaired) electrons. The fourth-order valence-electron chi connectivity index (χ4n) is 13.4. The number of carbonyl (C=O) groups is 4. The molecule has 0 aromatic carbocycles. The third-order valence-corrected chi connectivity index (χ3v) is 15.1. The van der Waals surface area contributed by atoms with Crippen LogP contribution in [0.3, 0.4) is 0 Å². The van der Waals surface area contributed by atoms with Crippen molar-refractivity contribution in [2.45, 2.75) is 278 Å². The van der Waals surface area contributed by atoms with Crippen molar-refractivity contribution < 1.29 is 39.6 Å². The van der Waals surface area contributed by atoms with Crippen molar-refractivity contribution in [1.82, 2.24) is 10.6 Å². The van der Waals surface area contributed by atoms with E-state index >= 15 is 0 Å². The van der Waals surface area contributed by atoms with E-state index in [2.05, 4.69) is 79.9 Å². The highest BCUT2D eigenvalue weighted by Crippen LogP contribution is 2.67. The second-order valence-electron chi connectivity index (χ2n) is 23.0. The van der Waals surface area contributed by atoms with E-state index in [0.29, 0.717) is 38.5 Å². The van der Waals surface area contributed by atoms with E-state index in [0.717, 1.165) is 51.4 Å². The van der Waals surface area contributed by atoms with Crippen molar-refractivity contribution in [1.29, 1.82) is 0 Å². The van der Waals surface area contributed by atoms with Gasteiger partial charge in [0.25, 0.3) is 5.41 Å². The smallest absolute Gasteiger partial charge is 0.334 e. The Bertz CT molecular complexity index is 1320. The number of hydrogen-bond donors (Lipinski definition) is 6. The van der Waals surface area contributed by atoms with Crippen LogP contribution in [0.2, 0.25) is 0 Å². The minimum atomic E-state index is -3.62. The normalized spacial score (nSPS) is 20.9. The van der Waals surface area contributed by atoms with Gasteiger partial charge in [0, 0.05) is 22.2 Å². The predicted octanol–water partition coefficient (Wildman–Crippen LogP) is 13.2. The summed E-state index contributed by atoms with van der Waals surface area (Å²) in [5, 5.41) is 53.4. The molecule has 2 aliphatic rings. The first-order valence-corrected chi connectivity index (χ1v) is 25.4. The Hall–Kier alpha value is -2.20. The van der Waals surface area contributed by atoms with Crippen LogP contribution in [0.5, 0.6) is 0 Å². The summed E-state index contributed by atoms with van der Waals surface area (Å²) in [6, 6.07) is 0. The van der Waals surface area contributed by atoms with Gasteiger partial charge in [0.1, 0.15) is 5.41 Å². The third-order valence-electron chi connectivity index (χ3n) is 15.1. The van der Waals surface area contributed by atoms with Gasteiger partial charge in [-0.1, -0.05) is 155 Å². The van der Waals surface area contributed by atoms with E-state index in [-0.39, 0.29) is 42.7 Å². The van der Waals surface area contributed by atoms with Gasteiger partial charge in [-0.15, -0.1) is 0 Å². The predicted molar refractivity (Wildman–Crippen MR) is 253 cm³/mol. The van der Waals surface area contributed by atoms with Gasteiger partial charge >= 0.3 is 23.9 Å². The molecule has 2 fully saturated rings. The molecule has 10 nitrogen and oxygen atoms in total.